The van der Waals surface area contributed by atoms with Crippen LogP contribution in [0, 0.1) is 0 Å². The molecule has 3 nitrogen and oxygen atoms in total. The molecule has 0 saturated carbocycles. The molecule has 0 aromatic heterocycles. The molecule has 0 unspecified atom stereocenters. The topological polar surface area (TPSA) is 46.5 Å². The van der Waals surface area contributed by atoms with Crippen molar-refractivity contribution in [3.05, 3.63) is 35.4 Å². The number of carboxylic acid groups (broad SMARTS) is 1. The van der Waals surface area contributed by atoms with Crippen LogP contribution in [0.2, 0.25) is 0 Å². The molecule has 1 aromatic carbocycles. The molecule has 0 radical (unpaired) electrons. The number of hydrogen-bond acceptors (Lipinski definition) is 2. The van der Waals surface area contributed by atoms with Crippen LogP contribution in [0.25, 0.3) is 0 Å². The summed E-state index contributed by atoms with van der Waals surface area (Å²) in [4.78, 5) is 10.9. The molecule has 3 heteroatoms. The molecule has 1 heterocycles. The van der Waals surface area contributed by atoms with Gasteiger partial charge in [-0.1, -0.05) is 18.2 Å². The Kier molecular flexibility index (Phi) is 2.50. The van der Waals surface area contributed by atoms with E-state index in [1.165, 1.54) is 0 Å². The van der Waals surface area contributed by atoms with E-state index in [-0.39, 0.29) is 6.10 Å². The summed E-state index contributed by atoms with van der Waals surface area (Å²) in [5.74, 6) is -0.879. The normalized spacial score (nSPS) is 21.0. The van der Waals surface area contributed by atoms with Crippen LogP contribution in [0.1, 0.15) is 34.9 Å². The maximum absolute atomic E-state index is 10.9. The van der Waals surface area contributed by atoms with Crippen LogP contribution in [0.5, 0.6) is 0 Å². The number of carbonyl (C=O) groups is 1. The molecule has 0 spiro atoms. The first-order chi connectivity index (χ1) is 6.79. The lowest BCUT2D eigenvalue weighted by molar-refractivity contribution is 0.0682. The first-order valence-corrected chi connectivity index (χ1v) is 4.73. The van der Waals surface area contributed by atoms with E-state index in [0.29, 0.717) is 5.56 Å². The quantitative estimate of drug-likeness (QED) is 0.781. The van der Waals surface area contributed by atoms with Gasteiger partial charge in [-0.15, -0.1) is 0 Å². The van der Waals surface area contributed by atoms with Crippen molar-refractivity contribution in [1.82, 2.24) is 0 Å². The van der Waals surface area contributed by atoms with Crippen molar-refractivity contribution in [1.29, 1.82) is 0 Å². The fraction of sp³-hybridized carbons (Fsp3) is 0.364. The van der Waals surface area contributed by atoms with Crippen LogP contribution in [-0.4, -0.2) is 17.7 Å². The van der Waals surface area contributed by atoms with E-state index in [1.54, 1.807) is 12.1 Å². The van der Waals surface area contributed by atoms with Crippen molar-refractivity contribution < 1.29 is 14.6 Å². The summed E-state index contributed by atoms with van der Waals surface area (Å²) < 4.78 is 5.47. The average molecular weight is 192 g/mol. The van der Waals surface area contributed by atoms with Crippen molar-refractivity contribution in [3.63, 3.8) is 0 Å². The van der Waals surface area contributed by atoms with Gasteiger partial charge in [0.15, 0.2) is 0 Å². The van der Waals surface area contributed by atoms with E-state index < -0.39 is 5.97 Å². The molecule has 1 aliphatic rings. The zero-order chi connectivity index (χ0) is 9.97. The standard InChI is InChI=1S/C11H12O3/c12-11(13)9-5-2-1-4-8(9)10-6-3-7-14-10/h1-2,4-5,10H,3,6-7H2,(H,12,13)/t10-/m0/s1. The lowest BCUT2D eigenvalue weighted by Gasteiger charge is -2.12. The lowest BCUT2D eigenvalue weighted by Crippen LogP contribution is -2.06. The molecule has 0 amide bonds. The Morgan fingerprint density at radius 1 is 1.43 bits per heavy atom. The third-order valence-corrected chi connectivity index (χ3v) is 2.47. The highest BCUT2D eigenvalue weighted by Gasteiger charge is 2.22. The molecule has 74 valence electrons. The molecule has 0 bridgehead atoms. The second kappa shape index (κ2) is 3.80. The maximum atomic E-state index is 10.9. The van der Waals surface area contributed by atoms with Gasteiger partial charge in [-0.3, -0.25) is 0 Å². The summed E-state index contributed by atoms with van der Waals surface area (Å²) in [6.07, 6.45) is 1.91. The zero-order valence-electron chi connectivity index (χ0n) is 7.77. The zero-order valence-corrected chi connectivity index (χ0v) is 7.77. The van der Waals surface area contributed by atoms with Crippen molar-refractivity contribution in [3.8, 4) is 0 Å². The van der Waals surface area contributed by atoms with Gasteiger partial charge >= 0.3 is 5.97 Å². The maximum Gasteiger partial charge on any atom is 0.336 e. The van der Waals surface area contributed by atoms with E-state index in [0.717, 1.165) is 25.0 Å². The first-order valence-electron chi connectivity index (χ1n) is 4.73. The van der Waals surface area contributed by atoms with Gasteiger partial charge in [-0.05, 0) is 24.5 Å². The summed E-state index contributed by atoms with van der Waals surface area (Å²) in [7, 11) is 0. The number of rotatable bonds is 2. The fourth-order valence-electron chi connectivity index (χ4n) is 1.80. The predicted molar refractivity (Wildman–Crippen MR) is 51.3 cm³/mol. The van der Waals surface area contributed by atoms with Crippen molar-refractivity contribution >= 4 is 5.97 Å². The minimum atomic E-state index is -0.879. The van der Waals surface area contributed by atoms with E-state index in [2.05, 4.69) is 0 Å². The Labute approximate surface area is 82.3 Å². The van der Waals surface area contributed by atoms with Gasteiger partial charge in [-0.25, -0.2) is 4.79 Å². The van der Waals surface area contributed by atoms with Gasteiger partial charge in [0, 0.05) is 6.61 Å². The highest BCUT2D eigenvalue weighted by molar-refractivity contribution is 5.89. The molecule has 0 aliphatic carbocycles. The predicted octanol–water partition coefficient (Wildman–Crippen LogP) is 2.24. The van der Waals surface area contributed by atoms with Crippen LogP contribution in [0.4, 0.5) is 0 Å². The Balaban J connectivity index is 2.35. The number of benzene rings is 1. The van der Waals surface area contributed by atoms with Crippen molar-refractivity contribution in [2.24, 2.45) is 0 Å². The minimum Gasteiger partial charge on any atom is -0.478 e. The summed E-state index contributed by atoms with van der Waals surface area (Å²) in [6.45, 7) is 0.735. The largest absolute Gasteiger partial charge is 0.478 e. The SMILES string of the molecule is O=C(O)c1ccccc1[C@@H]1CCCO1. The second-order valence-corrected chi connectivity index (χ2v) is 3.39. The van der Waals surface area contributed by atoms with E-state index in [1.807, 2.05) is 12.1 Å². The van der Waals surface area contributed by atoms with Crippen molar-refractivity contribution in [2.45, 2.75) is 18.9 Å². The van der Waals surface area contributed by atoms with E-state index in [4.69, 9.17) is 9.84 Å². The molecular weight excluding hydrogens is 180 g/mol. The molecule has 2 rings (SSSR count). The molecule has 1 atom stereocenters. The highest BCUT2D eigenvalue weighted by atomic mass is 16.5. The average Bonchev–Trinajstić information content (AvgIpc) is 2.70. The monoisotopic (exact) mass is 192 g/mol. The summed E-state index contributed by atoms with van der Waals surface area (Å²) in [5.41, 5.74) is 1.16. The van der Waals surface area contributed by atoms with Gasteiger partial charge < -0.3 is 9.84 Å². The van der Waals surface area contributed by atoms with Crippen LogP contribution in [0.15, 0.2) is 24.3 Å². The van der Waals surface area contributed by atoms with Gasteiger partial charge in [0.25, 0.3) is 0 Å². The van der Waals surface area contributed by atoms with Crippen molar-refractivity contribution in [2.75, 3.05) is 6.61 Å². The van der Waals surface area contributed by atoms with E-state index >= 15 is 0 Å². The van der Waals surface area contributed by atoms with Crippen LogP contribution in [-0.2, 0) is 4.74 Å². The Hall–Kier alpha value is -1.35. The Morgan fingerprint density at radius 2 is 2.21 bits per heavy atom. The lowest BCUT2D eigenvalue weighted by atomic mass is 10.0. The number of hydrogen-bond donors (Lipinski definition) is 1. The van der Waals surface area contributed by atoms with Crippen LogP contribution < -0.4 is 0 Å². The highest BCUT2D eigenvalue weighted by Crippen LogP contribution is 2.30. The van der Waals surface area contributed by atoms with Gasteiger partial charge in [0.1, 0.15) is 0 Å². The summed E-state index contributed by atoms with van der Waals surface area (Å²) >= 11 is 0. The molecule has 1 aromatic rings. The van der Waals surface area contributed by atoms with E-state index in [9.17, 15) is 4.79 Å². The number of carboxylic acids is 1. The second-order valence-electron chi connectivity index (χ2n) is 3.39. The van der Waals surface area contributed by atoms with Gasteiger partial charge in [0.05, 0.1) is 11.7 Å². The third kappa shape index (κ3) is 1.63. The summed E-state index contributed by atoms with van der Waals surface area (Å²) in [6, 6.07) is 7.05. The number of aromatic carboxylic acids is 1. The van der Waals surface area contributed by atoms with Crippen LogP contribution >= 0.6 is 0 Å². The van der Waals surface area contributed by atoms with Crippen LogP contribution in [0.3, 0.4) is 0 Å². The Morgan fingerprint density at radius 3 is 2.86 bits per heavy atom. The number of ether oxygens (including phenoxy) is 1. The van der Waals surface area contributed by atoms with Gasteiger partial charge in [-0.2, -0.15) is 0 Å². The molecule has 1 fully saturated rings. The molecular formula is C11H12O3. The minimum absolute atomic E-state index is 0.0256. The molecule has 1 N–H and O–H groups in total. The summed E-state index contributed by atoms with van der Waals surface area (Å²) in [5, 5.41) is 8.97. The first kappa shape index (κ1) is 9.21. The molecule has 1 saturated heterocycles. The third-order valence-electron chi connectivity index (χ3n) is 2.47. The fourth-order valence-corrected chi connectivity index (χ4v) is 1.80. The molecule has 1 aliphatic heterocycles. The van der Waals surface area contributed by atoms with Gasteiger partial charge in [0.2, 0.25) is 0 Å². The smallest absolute Gasteiger partial charge is 0.336 e. The Bertz CT molecular complexity index is 340. The molecule has 14 heavy (non-hydrogen) atoms.